The Morgan fingerprint density at radius 1 is 0.829 bits per heavy atom. The van der Waals surface area contributed by atoms with E-state index in [0.717, 1.165) is 11.1 Å². The molecule has 0 saturated heterocycles. The Morgan fingerprint density at radius 3 is 1.77 bits per heavy atom. The fourth-order valence-electron chi connectivity index (χ4n) is 3.95. The zero-order chi connectivity index (χ0) is 25.6. The van der Waals surface area contributed by atoms with Gasteiger partial charge in [0.15, 0.2) is 0 Å². The van der Waals surface area contributed by atoms with Crippen molar-refractivity contribution in [1.29, 1.82) is 0 Å². The summed E-state index contributed by atoms with van der Waals surface area (Å²) >= 11 is 0. The number of pyridine rings is 1. The Balaban J connectivity index is 1.82. The minimum atomic E-state index is -0.566. The van der Waals surface area contributed by atoms with Crippen molar-refractivity contribution in [2.75, 3.05) is 6.54 Å². The van der Waals surface area contributed by atoms with Crippen LogP contribution < -0.4 is 16.1 Å². The van der Waals surface area contributed by atoms with E-state index < -0.39 is 22.8 Å². The summed E-state index contributed by atoms with van der Waals surface area (Å²) in [6.45, 7) is 9.78. The van der Waals surface area contributed by atoms with Gasteiger partial charge >= 0.3 is 0 Å². The Morgan fingerprint density at radius 2 is 1.31 bits per heavy atom. The number of rotatable bonds is 8. The summed E-state index contributed by atoms with van der Waals surface area (Å²) in [7, 11) is 0. The maximum atomic E-state index is 13.1. The van der Waals surface area contributed by atoms with Gasteiger partial charge in [-0.15, -0.1) is 0 Å². The first kappa shape index (κ1) is 25.9. The smallest absolute Gasteiger partial charge is 0.257 e. The summed E-state index contributed by atoms with van der Waals surface area (Å²) < 4.78 is 1.73. The molecule has 0 aliphatic carbocycles. The van der Waals surface area contributed by atoms with Crippen molar-refractivity contribution < 1.29 is 9.59 Å². The minimum absolute atomic E-state index is 0.0242. The predicted molar refractivity (Wildman–Crippen MR) is 140 cm³/mol. The molecule has 0 unspecified atom stereocenters. The van der Waals surface area contributed by atoms with Gasteiger partial charge in [-0.25, -0.2) is 0 Å². The number of nitrogens with one attached hydrogen (secondary N) is 2. The number of amides is 2. The number of benzene rings is 2. The second-order valence-corrected chi connectivity index (χ2v) is 10.1. The van der Waals surface area contributed by atoms with Gasteiger partial charge in [-0.05, 0) is 52.2 Å². The van der Waals surface area contributed by atoms with Crippen molar-refractivity contribution in [2.24, 2.45) is 0 Å². The van der Waals surface area contributed by atoms with Crippen LogP contribution in [0.3, 0.4) is 0 Å². The van der Waals surface area contributed by atoms with Gasteiger partial charge in [0.25, 0.3) is 11.8 Å². The lowest BCUT2D eigenvalue weighted by atomic mass is 9.88. The molecule has 2 amide bonds. The Bertz CT molecular complexity index is 1170. The summed E-state index contributed by atoms with van der Waals surface area (Å²) in [6, 6.07) is 20.3. The number of nitrogens with zero attached hydrogens (tertiary/aromatic N) is 1. The van der Waals surface area contributed by atoms with E-state index in [1.54, 1.807) is 4.57 Å². The van der Waals surface area contributed by atoms with Crippen molar-refractivity contribution in [2.45, 2.75) is 58.5 Å². The van der Waals surface area contributed by atoms with Gasteiger partial charge in [0, 0.05) is 36.4 Å². The van der Waals surface area contributed by atoms with Gasteiger partial charge < -0.3 is 15.2 Å². The van der Waals surface area contributed by atoms with Crippen LogP contribution in [-0.4, -0.2) is 28.5 Å². The molecule has 2 N–H and O–H groups in total. The molecule has 0 aliphatic heterocycles. The van der Waals surface area contributed by atoms with Gasteiger partial charge in [0.05, 0.1) is 0 Å². The molecule has 6 nitrogen and oxygen atoms in total. The summed E-state index contributed by atoms with van der Waals surface area (Å²) in [4.78, 5) is 39.0. The largest absolute Gasteiger partial charge is 0.352 e. The monoisotopic (exact) mass is 473 g/mol. The summed E-state index contributed by atoms with van der Waals surface area (Å²) in [5.41, 5.74) is 1.19. The van der Waals surface area contributed by atoms with Crippen LogP contribution in [0.4, 0.5) is 0 Å². The van der Waals surface area contributed by atoms with E-state index in [0.29, 0.717) is 13.0 Å². The molecule has 0 radical (unpaired) electrons. The third-order valence-corrected chi connectivity index (χ3v) is 5.74. The zero-order valence-electron chi connectivity index (χ0n) is 21.2. The highest BCUT2D eigenvalue weighted by atomic mass is 16.2. The van der Waals surface area contributed by atoms with E-state index in [-0.39, 0.29) is 23.1 Å². The van der Waals surface area contributed by atoms with Gasteiger partial charge in [-0.1, -0.05) is 60.7 Å². The van der Waals surface area contributed by atoms with E-state index >= 15 is 0 Å². The summed E-state index contributed by atoms with van der Waals surface area (Å²) in [5.74, 6) is -0.858. The fourth-order valence-corrected chi connectivity index (χ4v) is 3.95. The average Bonchev–Trinajstić information content (AvgIpc) is 2.81. The van der Waals surface area contributed by atoms with Crippen LogP contribution in [0.15, 0.2) is 77.9 Å². The van der Waals surface area contributed by atoms with Crippen molar-refractivity contribution in [3.63, 3.8) is 0 Å². The maximum Gasteiger partial charge on any atom is 0.257 e. The Hall–Kier alpha value is -3.67. The fraction of sp³-hybridized carbons (Fsp3) is 0.345. The van der Waals surface area contributed by atoms with E-state index in [1.165, 1.54) is 12.4 Å². The minimum Gasteiger partial charge on any atom is -0.352 e. The standard InChI is InChI=1S/C29H35N3O3/c1-20(2)32-18-24(26(33)25(19-32)28(35)31-29(3,4)5)27(34)30-17-16-23(21-12-8-6-9-13-21)22-14-10-7-11-15-22/h6-15,18-20,23H,16-17H2,1-5H3,(H,30,34)(H,31,35). The van der Waals surface area contributed by atoms with Crippen molar-refractivity contribution >= 4 is 11.8 Å². The van der Waals surface area contributed by atoms with Gasteiger partial charge in [0.1, 0.15) is 11.1 Å². The number of aromatic nitrogens is 1. The van der Waals surface area contributed by atoms with Crippen molar-refractivity contribution in [3.8, 4) is 0 Å². The highest BCUT2D eigenvalue weighted by Crippen LogP contribution is 2.27. The van der Waals surface area contributed by atoms with Crippen LogP contribution in [0.5, 0.6) is 0 Å². The first-order chi connectivity index (χ1) is 16.6. The maximum absolute atomic E-state index is 13.1. The number of carbonyl (C=O) groups excluding carboxylic acids is 2. The molecule has 0 atom stereocenters. The second kappa shape index (κ2) is 11.2. The van der Waals surface area contributed by atoms with E-state index in [2.05, 4.69) is 34.9 Å². The zero-order valence-corrected chi connectivity index (χ0v) is 21.2. The third-order valence-electron chi connectivity index (χ3n) is 5.74. The average molecular weight is 474 g/mol. The van der Waals surface area contributed by atoms with Gasteiger partial charge in [-0.3, -0.25) is 14.4 Å². The summed E-state index contributed by atoms with van der Waals surface area (Å²) in [5, 5.41) is 5.73. The molecule has 0 saturated carbocycles. The van der Waals surface area contributed by atoms with Crippen LogP contribution in [0.2, 0.25) is 0 Å². The van der Waals surface area contributed by atoms with Crippen LogP contribution in [0.1, 0.15) is 84.8 Å². The number of hydrogen-bond donors (Lipinski definition) is 2. The lowest BCUT2D eigenvalue weighted by Crippen LogP contribution is -2.43. The number of hydrogen-bond acceptors (Lipinski definition) is 3. The topological polar surface area (TPSA) is 80.2 Å². The molecular weight excluding hydrogens is 438 g/mol. The molecule has 184 valence electrons. The molecule has 0 fully saturated rings. The Labute approximate surface area is 207 Å². The van der Waals surface area contributed by atoms with Crippen LogP contribution in [0.25, 0.3) is 0 Å². The molecule has 1 aromatic heterocycles. The van der Waals surface area contributed by atoms with Crippen LogP contribution in [0, 0.1) is 0 Å². The predicted octanol–water partition coefficient (Wildman–Crippen LogP) is 4.91. The van der Waals surface area contributed by atoms with Crippen LogP contribution >= 0.6 is 0 Å². The normalized spacial score (nSPS) is 11.5. The first-order valence-electron chi connectivity index (χ1n) is 12.0. The van der Waals surface area contributed by atoms with E-state index in [9.17, 15) is 14.4 Å². The molecule has 0 bridgehead atoms. The first-order valence-corrected chi connectivity index (χ1v) is 12.0. The molecule has 0 aliphatic rings. The molecule has 35 heavy (non-hydrogen) atoms. The molecule has 2 aromatic carbocycles. The molecule has 1 heterocycles. The molecule has 3 rings (SSSR count). The van der Waals surface area contributed by atoms with Gasteiger partial charge in [0.2, 0.25) is 5.43 Å². The van der Waals surface area contributed by atoms with E-state index in [1.807, 2.05) is 71.0 Å². The van der Waals surface area contributed by atoms with Crippen molar-refractivity contribution in [3.05, 3.63) is 106 Å². The third kappa shape index (κ3) is 6.92. The van der Waals surface area contributed by atoms with Crippen LogP contribution in [-0.2, 0) is 0 Å². The van der Waals surface area contributed by atoms with Crippen molar-refractivity contribution in [1.82, 2.24) is 15.2 Å². The molecule has 0 spiro atoms. The molecule has 3 aromatic rings. The summed E-state index contributed by atoms with van der Waals surface area (Å²) in [6.07, 6.45) is 3.72. The Kier molecular flexibility index (Phi) is 8.28. The molecular formula is C29H35N3O3. The van der Waals surface area contributed by atoms with E-state index in [4.69, 9.17) is 0 Å². The lowest BCUT2D eigenvalue weighted by Gasteiger charge is -2.21. The van der Waals surface area contributed by atoms with Gasteiger partial charge in [-0.2, -0.15) is 0 Å². The molecule has 6 heteroatoms. The lowest BCUT2D eigenvalue weighted by molar-refractivity contribution is 0.0917. The SMILES string of the molecule is CC(C)n1cc(C(=O)NCCC(c2ccccc2)c2ccccc2)c(=O)c(C(=O)NC(C)(C)C)c1. The number of carbonyl (C=O) groups is 2. The highest BCUT2D eigenvalue weighted by Gasteiger charge is 2.23. The highest BCUT2D eigenvalue weighted by molar-refractivity contribution is 5.99. The quantitative estimate of drug-likeness (QED) is 0.488. The second-order valence-electron chi connectivity index (χ2n) is 10.1.